The van der Waals surface area contributed by atoms with E-state index >= 15 is 0 Å². The molecule has 0 fully saturated rings. The van der Waals surface area contributed by atoms with Crippen molar-refractivity contribution >= 4 is 22.2 Å². The number of rotatable bonds is 1. The Kier molecular flexibility index (Phi) is 1.97. The Balaban J connectivity index is 2.71. The van der Waals surface area contributed by atoms with Crippen LogP contribution < -0.4 is 11.3 Å². The Morgan fingerprint density at radius 1 is 1.57 bits per heavy atom. The molecule has 2 rings (SSSR count). The Bertz CT molecular complexity index is 499. The minimum atomic E-state index is -0.375. The molecule has 0 saturated heterocycles. The SMILES string of the molecule is Cc1nn2c(C(=O)NN)c(C)nc2s1. The maximum atomic E-state index is 11.4. The van der Waals surface area contributed by atoms with Crippen LogP contribution in [0.4, 0.5) is 0 Å². The Morgan fingerprint density at radius 3 is 2.93 bits per heavy atom. The average Bonchev–Trinajstić information content (AvgIpc) is 2.58. The van der Waals surface area contributed by atoms with Gasteiger partial charge in [0, 0.05) is 0 Å². The number of nitrogen functional groups attached to an aromatic ring is 1. The van der Waals surface area contributed by atoms with Gasteiger partial charge in [0.05, 0.1) is 5.69 Å². The van der Waals surface area contributed by atoms with Gasteiger partial charge in [-0.1, -0.05) is 11.3 Å². The molecule has 0 radical (unpaired) electrons. The standard InChI is InChI=1S/C7H9N5OS/c1-3-5(6(13)10-8)12-7(9-3)14-4(2)11-12/h8H2,1-2H3,(H,10,13). The third-order valence-corrected chi connectivity index (χ3v) is 2.65. The predicted molar refractivity (Wildman–Crippen MR) is 52.0 cm³/mol. The molecule has 0 saturated carbocycles. The summed E-state index contributed by atoms with van der Waals surface area (Å²) in [6, 6.07) is 0. The molecule has 74 valence electrons. The van der Waals surface area contributed by atoms with Crippen molar-refractivity contribution in [2.75, 3.05) is 0 Å². The van der Waals surface area contributed by atoms with Crippen molar-refractivity contribution in [1.82, 2.24) is 20.0 Å². The average molecular weight is 211 g/mol. The number of carbonyl (C=O) groups excluding carboxylic acids is 1. The van der Waals surface area contributed by atoms with Crippen molar-refractivity contribution in [3.8, 4) is 0 Å². The predicted octanol–water partition coefficient (Wildman–Crippen LogP) is 0.0111. The van der Waals surface area contributed by atoms with Crippen LogP contribution in [0, 0.1) is 13.8 Å². The van der Waals surface area contributed by atoms with Crippen LogP contribution >= 0.6 is 11.3 Å². The van der Waals surface area contributed by atoms with E-state index in [0.717, 1.165) is 5.01 Å². The van der Waals surface area contributed by atoms with Gasteiger partial charge in [-0.2, -0.15) is 9.61 Å². The molecule has 0 unspecified atom stereocenters. The summed E-state index contributed by atoms with van der Waals surface area (Å²) >= 11 is 1.43. The van der Waals surface area contributed by atoms with Crippen LogP contribution in [0.25, 0.3) is 4.96 Å². The fourth-order valence-corrected chi connectivity index (χ4v) is 2.06. The van der Waals surface area contributed by atoms with Crippen LogP contribution in [0.5, 0.6) is 0 Å². The first-order valence-electron chi connectivity index (χ1n) is 3.97. The molecular weight excluding hydrogens is 202 g/mol. The normalized spacial score (nSPS) is 10.8. The molecular formula is C7H9N5OS. The molecule has 0 spiro atoms. The Hall–Kier alpha value is -1.47. The second kappa shape index (κ2) is 3.03. The van der Waals surface area contributed by atoms with E-state index in [0.29, 0.717) is 16.3 Å². The Morgan fingerprint density at radius 2 is 2.29 bits per heavy atom. The molecule has 2 heterocycles. The van der Waals surface area contributed by atoms with Crippen molar-refractivity contribution in [3.63, 3.8) is 0 Å². The number of hydrazine groups is 1. The molecule has 14 heavy (non-hydrogen) atoms. The number of aromatic nitrogens is 3. The van der Waals surface area contributed by atoms with Crippen LogP contribution in [-0.4, -0.2) is 20.5 Å². The minimum Gasteiger partial charge on any atom is -0.289 e. The van der Waals surface area contributed by atoms with Crippen molar-refractivity contribution < 1.29 is 4.79 Å². The quantitative estimate of drug-likeness (QED) is 0.395. The molecule has 6 nitrogen and oxygen atoms in total. The number of hydrogen-bond donors (Lipinski definition) is 2. The van der Waals surface area contributed by atoms with E-state index in [9.17, 15) is 4.79 Å². The molecule has 0 aromatic carbocycles. The summed E-state index contributed by atoms with van der Waals surface area (Å²) in [6.07, 6.45) is 0. The zero-order chi connectivity index (χ0) is 10.3. The summed E-state index contributed by atoms with van der Waals surface area (Å²) in [5.41, 5.74) is 3.10. The lowest BCUT2D eigenvalue weighted by Crippen LogP contribution is -2.31. The van der Waals surface area contributed by atoms with E-state index in [1.165, 1.54) is 15.9 Å². The zero-order valence-electron chi connectivity index (χ0n) is 7.74. The zero-order valence-corrected chi connectivity index (χ0v) is 8.55. The fourth-order valence-electron chi connectivity index (χ4n) is 1.27. The smallest absolute Gasteiger partial charge is 0.285 e. The lowest BCUT2D eigenvalue weighted by Gasteiger charge is -1.96. The third-order valence-electron chi connectivity index (χ3n) is 1.83. The van der Waals surface area contributed by atoms with Gasteiger partial charge >= 0.3 is 0 Å². The molecule has 3 N–H and O–H groups in total. The topological polar surface area (TPSA) is 85.3 Å². The van der Waals surface area contributed by atoms with Gasteiger partial charge in [-0.15, -0.1) is 0 Å². The number of aryl methyl sites for hydroxylation is 2. The van der Waals surface area contributed by atoms with Gasteiger partial charge in [0.25, 0.3) is 5.91 Å². The first-order chi connectivity index (χ1) is 6.63. The Labute approximate surface area is 83.7 Å². The number of nitrogens with zero attached hydrogens (tertiary/aromatic N) is 3. The number of amides is 1. The van der Waals surface area contributed by atoms with E-state index in [2.05, 4.69) is 15.5 Å². The van der Waals surface area contributed by atoms with Crippen LogP contribution in [0.1, 0.15) is 21.2 Å². The maximum absolute atomic E-state index is 11.4. The highest BCUT2D eigenvalue weighted by molar-refractivity contribution is 7.16. The highest BCUT2D eigenvalue weighted by Gasteiger charge is 2.18. The molecule has 0 aliphatic heterocycles. The molecule has 2 aromatic heterocycles. The van der Waals surface area contributed by atoms with Gasteiger partial charge in [0.15, 0.2) is 5.69 Å². The summed E-state index contributed by atoms with van der Waals surface area (Å²) in [5.74, 6) is 4.69. The summed E-state index contributed by atoms with van der Waals surface area (Å²) in [7, 11) is 0. The van der Waals surface area contributed by atoms with Crippen LogP contribution in [0.2, 0.25) is 0 Å². The number of carbonyl (C=O) groups is 1. The molecule has 7 heteroatoms. The first kappa shape index (κ1) is 9.10. The summed E-state index contributed by atoms with van der Waals surface area (Å²) in [4.78, 5) is 16.3. The van der Waals surface area contributed by atoms with Gasteiger partial charge in [0.2, 0.25) is 4.96 Å². The van der Waals surface area contributed by atoms with E-state index in [-0.39, 0.29) is 5.91 Å². The van der Waals surface area contributed by atoms with Crippen LogP contribution in [-0.2, 0) is 0 Å². The monoisotopic (exact) mass is 211 g/mol. The molecule has 0 atom stereocenters. The summed E-state index contributed by atoms with van der Waals surface area (Å²) < 4.78 is 1.51. The first-order valence-corrected chi connectivity index (χ1v) is 4.79. The van der Waals surface area contributed by atoms with E-state index in [1.54, 1.807) is 6.92 Å². The molecule has 2 aromatic rings. The van der Waals surface area contributed by atoms with Gasteiger partial charge in [-0.3, -0.25) is 10.2 Å². The molecule has 1 amide bonds. The lowest BCUT2D eigenvalue weighted by atomic mass is 10.3. The van der Waals surface area contributed by atoms with Crippen molar-refractivity contribution in [3.05, 3.63) is 16.4 Å². The molecule has 0 aliphatic carbocycles. The van der Waals surface area contributed by atoms with Crippen LogP contribution in [0.15, 0.2) is 0 Å². The summed E-state index contributed by atoms with van der Waals surface area (Å²) in [5, 5.41) is 5.02. The summed E-state index contributed by atoms with van der Waals surface area (Å²) in [6.45, 7) is 3.61. The highest BCUT2D eigenvalue weighted by atomic mass is 32.1. The van der Waals surface area contributed by atoms with Gasteiger partial charge in [0.1, 0.15) is 5.01 Å². The number of nitrogens with one attached hydrogen (secondary N) is 1. The van der Waals surface area contributed by atoms with Gasteiger partial charge in [-0.25, -0.2) is 10.8 Å². The van der Waals surface area contributed by atoms with E-state index in [4.69, 9.17) is 5.84 Å². The van der Waals surface area contributed by atoms with Gasteiger partial charge < -0.3 is 0 Å². The second-order valence-corrected chi connectivity index (χ2v) is 3.99. The second-order valence-electron chi connectivity index (χ2n) is 2.83. The number of imidazole rings is 1. The van der Waals surface area contributed by atoms with Crippen molar-refractivity contribution in [2.24, 2.45) is 5.84 Å². The highest BCUT2D eigenvalue weighted by Crippen LogP contribution is 2.17. The van der Waals surface area contributed by atoms with Crippen molar-refractivity contribution in [2.45, 2.75) is 13.8 Å². The minimum absolute atomic E-state index is 0.375. The number of nitrogens with two attached hydrogens (primary N) is 1. The van der Waals surface area contributed by atoms with E-state index in [1.807, 2.05) is 6.92 Å². The third kappa shape index (κ3) is 1.17. The van der Waals surface area contributed by atoms with E-state index < -0.39 is 0 Å². The number of hydrogen-bond acceptors (Lipinski definition) is 5. The molecule has 0 bridgehead atoms. The molecule has 0 aliphatic rings. The van der Waals surface area contributed by atoms with Gasteiger partial charge in [-0.05, 0) is 13.8 Å². The maximum Gasteiger partial charge on any atom is 0.285 e. The van der Waals surface area contributed by atoms with Crippen LogP contribution in [0.3, 0.4) is 0 Å². The van der Waals surface area contributed by atoms with Crippen molar-refractivity contribution in [1.29, 1.82) is 0 Å². The fraction of sp³-hybridized carbons (Fsp3) is 0.286. The largest absolute Gasteiger partial charge is 0.289 e. The lowest BCUT2D eigenvalue weighted by molar-refractivity contribution is 0.0946. The number of fused-ring (bicyclic) bond motifs is 1.